The first kappa shape index (κ1) is 19.0. The van der Waals surface area contributed by atoms with Crippen LogP contribution in [0.15, 0.2) is 48.5 Å². The fraction of sp³-hybridized carbons (Fsp3) is 0.381. The molecule has 0 spiro atoms. The van der Waals surface area contributed by atoms with Crippen LogP contribution in [-0.2, 0) is 0 Å². The molecule has 2 fully saturated rings. The van der Waals surface area contributed by atoms with Gasteiger partial charge in [-0.3, -0.25) is 10.2 Å². The van der Waals surface area contributed by atoms with Crippen molar-refractivity contribution in [1.29, 1.82) is 0 Å². The molecule has 0 aromatic heterocycles. The third kappa shape index (κ3) is 4.06. The predicted octanol–water partition coefficient (Wildman–Crippen LogP) is 2.23. The summed E-state index contributed by atoms with van der Waals surface area (Å²) in [5.74, 6) is -1.47. The maximum absolute atomic E-state index is 13.6. The van der Waals surface area contributed by atoms with Crippen molar-refractivity contribution < 1.29 is 13.6 Å². The highest BCUT2D eigenvalue weighted by atomic mass is 19.2. The first-order valence-corrected chi connectivity index (χ1v) is 9.63. The Labute approximate surface area is 163 Å². The minimum absolute atomic E-state index is 0.0678. The Bertz CT molecular complexity index is 832. The van der Waals surface area contributed by atoms with Gasteiger partial charge in [-0.1, -0.05) is 24.3 Å². The van der Waals surface area contributed by atoms with Gasteiger partial charge in [0.05, 0.1) is 6.04 Å². The number of amides is 1. The number of rotatable bonds is 5. The Morgan fingerprint density at radius 2 is 1.93 bits per heavy atom. The molecule has 3 atom stereocenters. The van der Waals surface area contributed by atoms with E-state index < -0.39 is 11.6 Å². The zero-order valence-corrected chi connectivity index (χ0v) is 15.5. The lowest BCUT2D eigenvalue weighted by Crippen LogP contribution is -2.47. The van der Waals surface area contributed by atoms with Crippen molar-refractivity contribution >= 4 is 5.91 Å². The van der Waals surface area contributed by atoms with Gasteiger partial charge < -0.3 is 10.2 Å². The van der Waals surface area contributed by atoms with E-state index in [0.717, 1.165) is 31.6 Å². The number of fused-ring (bicyclic) bond motifs is 1. The van der Waals surface area contributed by atoms with Gasteiger partial charge in [0.2, 0.25) is 0 Å². The minimum Gasteiger partial charge on any atom is -0.351 e. The van der Waals surface area contributed by atoms with E-state index in [9.17, 15) is 13.6 Å². The average Bonchev–Trinajstić information content (AvgIpc) is 3.14. The molecule has 1 amide bonds. The molecule has 2 heterocycles. The van der Waals surface area contributed by atoms with Crippen LogP contribution in [0, 0.1) is 17.6 Å². The van der Waals surface area contributed by atoms with E-state index in [1.807, 2.05) is 18.2 Å². The summed E-state index contributed by atoms with van der Waals surface area (Å²) in [6.45, 7) is 3.09. The van der Waals surface area contributed by atoms with E-state index in [-0.39, 0.29) is 17.9 Å². The Morgan fingerprint density at radius 3 is 2.71 bits per heavy atom. The van der Waals surface area contributed by atoms with Crippen molar-refractivity contribution in [2.75, 3.05) is 26.2 Å². The molecular formula is C21H24F2N4O. The van der Waals surface area contributed by atoms with E-state index in [2.05, 4.69) is 21.1 Å². The molecule has 0 aliphatic carbocycles. The standard InChI is InChI=1S/C21H24F2N4O/c22-17-7-6-15(12-18(17)23)20-16-13-27(10-8-19(16)25-26-20)11-9-24-21(28)14-4-2-1-3-5-14/h1-7,12,16,19-20,25-26H,8-11,13H2,(H,24,28). The highest BCUT2D eigenvalue weighted by Gasteiger charge is 2.40. The van der Waals surface area contributed by atoms with E-state index in [4.69, 9.17) is 0 Å². The molecule has 2 aliphatic rings. The quantitative estimate of drug-likeness (QED) is 0.738. The van der Waals surface area contributed by atoms with Gasteiger partial charge in [-0.05, 0) is 42.8 Å². The smallest absolute Gasteiger partial charge is 0.251 e. The lowest BCUT2D eigenvalue weighted by Gasteiger charge is -2.36. The average molecular weight is 386 g/mol. The number of hydrogen-bond acceptors (Lipinski definition) is 4. The summed E-state index contributed by atoms with van der Waals surface area (Å²) >= 11 is 0. The summed E-state index contributed by atoms with van der Waals surface area (Å²) in [6, 6.07) is 13.5. The molecule has 3 unspecified atom stereocenters. The van der Waals surface area contributed by atoms with Crippen molar-refractivity contribution in [3.8, 4) is 0 Å². The number of carbonyl (C=O) groups is 1. The van der Waals surface area contributed by atoms with E-state index in [1.165, 1.54) is 12.1 Å². The molecule has 2 saturated heterocycles. The van der Waals surface area contributed by atoms with Gasteiger partial charge in [-0.15, -0.1) is 0 Å². The van der Waals surface area contributed by atoms with E-state index in [0.29, 0.717) is 18.2 Å². The number of nitrogens with one attached hydrogen (secondary N) is 3. The monoisotopic (exact) mass is 386 g/mol. The third-order valence-electron chi connectivity index (χ3n) is 5.65. The number of hydrogen-bond donors (Lipinski definition) is 3. The van der Waals surface area contributed by atoms with Gasteiger partial charge in [0, 0.05) is 37.2 Å². The van der Waals surface area contributed by atoms with Gasteiger partial charge in [0.25, 0.3) is 5.91 Å². The van der Waals surface area contributed by atoms with Crippen molar-refractivity contribution in [3.63, 3.8) is 0 Å². The van der Waals surface area contributed by atoms with Crippen LogP contribution in [0.25, 0.3) is 0 Å². The molecule has 2 aromatic rings. The molecule has 5 nitrogen and oxygen atoms in total. The summed E-state index contributed by atoms with van der Waals surface area (Å²) in [7, 11) is 0. The van der Waals surface area contributed by atoms with Crippen LogP contribution < -0.4 is 16.2 Å². The second-order valence-electron chi connectivity index (χ2n) is 7.42. The Kier molecular flexibility index (Phi) is 5.66. The summed E-state index contributed by atoms with van der Waals surface area (Å²) in [5, 5.41) is 2.96. The zero-order valence-electron chi connectivity index (χ0n) is 15.5. The molecule has 7 heteroatoms. The highest BCUT2D eigenvalue weighted by Crippen LogP contribution is 2.34. The third-order valence-corrected chi connectivity index (χ3v) is 5.65. The van der Waals surface area contributed by atoms with Crippen molar-refractivity contribution in [2.45, 2.75) is 18.5 Å². The number of likely N-dealkylation sites (tertiary alicyclic amines) is 1. The zero-order chi connectivity index (χ0) is 19.5. The number of benzene rings is 2. The van der Waals surface area contributed by atoms with Crippen LogP contribution in [0.2, 0.25) is 0 Å². The Morgan fingerprint density at radius 1 is 1.11 bits per heavy atom. The normalized spacial score (nSPS) is 24.7. The van der Waals surface area contributed by atoms with Crippen molar-refractivity contribution in [3.05, 3.63) is 71.3 Å². The molecule has 0 bridgehead atoms. The molecule has 0 saturated carbocycles. The summed E-state index contributed by atoms with van der Waals surface area (Å²) < 4.78 is 26.9. The maximum Gasteiger partial charge on any atom is 0.251 e. The first-order chi connectivity index (χ1) is 13.6. The van der Waals surface area contributed by atoms with Crippen LogP contribution in [0.3, 0.4) is 0 Å². The predicted molar refractivity (Wildman–Crippen MR) is 102 cm³/mol. The lowest BCUT2D eigenvalue weighted by molar-refractivity contribution is 0.0940. The SMILES string of the molecule is O=C(NCCN1CCC2NNC(c3ccc(F)c(F)c3)C2C1)c1ccccc1. The number of carbonyl (C=O) groups excluding carboxylic acids is 1. The minimum atomic E-state index is -0.828. The maximum atomic E-state index is 13.6. The van der Waals surface area contributed by atoms with Crippen molar-refractivity contribution in [2.24, 2.45) is 5.92 Å². The lowest BCUT2D eigenvalue weighted by atomic mass is 9.85. The molecule has 2 aliphatic heterocycles. The van der Waals surface area contributed by atoms with Crippen LogP contribution in [0.4, 0.5) is 8.78 Å². The second kappa shape index (κ2) is 8.34. The largest absolute Gasteiger partial charge is 0.351 e. The first-order valence-electron chi connectivity index (χ1n) is 9.63. The fourth-order valence-corrected chi connectivity index (χ4v) is 4.13. The van der Waals surface area contributed by atoms with Crippen LogP contribution in [0.1, 0.15) is 28.4 Å². The van der Waals surface area contributed by atoms with Crippen LogP contribution >= 0.6 is 0 Å². The highest BCUT2D eigenvalue weighted by molar-refractivity contribution is 5.94. The fourth-order valence-electron chi connectivity index (χ4n) is 4.13. The van der Waals surface area contributed by atoms with Gasteiger partial charge in [-0.2, -0.15) is 0 Å². The number of nitrogens with zero attached hydrogens (tertiary/aromatic N) is 1. The van der Waals surface area contributed by atoms with Crippen molar-refractivity contribution in [1.82, 2.24) is 21.1 Å². The van der Waals surface area contributed by atoms with Crippen LogP contribution in [-0.4, -0.2) is 43.0 Å². The van der Waals surface area contributed by atoms with Gasteiger partial charge in [0.1, 0.15) is 0 Å². The van der Waals surface area contributed by atoms with Gasteiger partial charge in [0.15, 0.2) is 11.6 Å². The molecule has 28 heavy (non-hydrogen) atoms. The Hall–Kier alpha value is -2.35. The summed E-state index contributed by atoms with van der Waals surface area (Å²) in [6.07, 6.45) is 0.963. The summed E-state index contributed by atoms with van der Waals surface area (Å²) in [4.78, 5) is 14.5. The molecule has 0 radical (unpaired) electrons. The Balaban J connectivity index is 1.33. The van der Waals surface area contributed by atoms with Gasteiger partial charge >= 0.3 is 0 Å². The molecule has 2 aromatic carbocycles. The summed E-state index contributed by atoms with van der Waals surface area (Å²) in [5.41, 5.74) is 7.94. The van der Waals surface area contributed by atoms with Gasteiger partial charge in [-0.25, -0.2) is 14.2 Å². The number of piperidine rings is 1. The molecular weight excluding hydrogens is 362 g/mol. The van der Waals surface area contributed by atoms with E-state index >= 15 is 0 Å². The molecule has 4 rings (SSSR count). The second-order valence-corrected chi connectivity index (χ2v) is 7.42. The van der Waals surface area contributed by atoms with Crippen LogP contribution in [0.5, 0.6) is 0 Å². The van der Waals surface area contributed by atoms with E-state index in [1.54, 1.807) is 18.2 Å². The number of halogens is 2. The topological polar surface area (TPSA) is 56.4 Å². The molecule has 3 N–H and O–H groups in total. The number of hydrazine groups is 1. The molecule has 148 valence electrons.